The Morgan fingerprint density at radius 1 is 1.23 bits per heavy atom. The van der Waals surface area contributed by atoms with Gasteiger partial charge in [0, 0.05) is 46.4 Å². The molecule has 30 heavy (non-hydrogen) atoms. The average molecular weight is 427 g/mol. The second-order valence-corrected chi connectivity index (χ2v) is 8.43. The van der Waals surface area contributed by atoms with E-state index in [4.69, 9.17) is 16.3 Å². The Morgan fingerprint density at radius 2 is 2.03 bits per heavy atom. The zero-order chi connectivity index (χ0) is 21.7. The maximum absolute atomic E-state index is 13.0. The molecule has 1 amide bonds. The highest BCUT2D eigenvalue weighted by molar-refractivity contribution is 6.18. The number of ether oxygens (including phenoxy) is 1. The largest absolute Gasteiger partial charge is 0.497 e. The lowest BCUT2D eigenvalue weighted by molar-refractivity contribution is -0.116. The van der Waals surface area contributed by atoms with Gasteiger partial charge < -0.3 is 15.4 Å². The summed E-state index contributed by atoms with van der Waals surface area (Å²) in [6.07, 6.45) is 3.43. The number of carbonyl (C=O) groups excluding carboxylic acids is 2. The molecule has 0 atom stereocenters. The molecule has 0 aromatic heterocycles. The lowest BCUT2D eigenvalue weighted by Crippen LogP contribution is -2.43. The van der Waals surface area contributed by atoms with E-state index >= 15 is 0 Å². The first-order valence-electron chi connectivity index (χ1n) is 9.99. The molecule has 0 spiro atoms. The third-order valence-corrected chi connectivity index (χ3v) is 5.22. The number of halogens is 1. The molecule has 0 bridgehead atoms. The number of anilines is 1. The van der Waals surface area contributed by atoms with Crippen LogP contribution in [0.5, 0.6) is 5.75 Å². The summed E-state index contributed by atoms with van der Waals surface area (Å²) in [4.78, 5) is 25.0. The van der Waals surface area contributed by atoms with E-state index in [1.54, 1.807) is 37.5 Å². The normalized spacial score (nSPS) is 15.8. The monoisotopic (exact) mass is 426 g/mol. The molecule has 2 aromatic rings. The number of rotatable bonds is 7. The van der Waals surface area contributed by atoms with E-state index in [2.05, 4.69) is 24.5 Å². The van der Waals surface area contributed by atoms with Crippen LogP contribution in [0.1, 0.15) is 48.2 Å². The Labute approximate surface area is 182 Å². The van der Waals surface area contributed by atoms with Crippen LogP contribution in [0.3, 0.4) is 0 Å². The molecule has 0 fully saturated rings. The van der Waals surface area contributed by atoms with Gasteiger partial charge >= 0.3 is 0 Å². The fourth-order valence-electron chi connectivity index (χ4n) is 3.57. The van der Waals surface area contributed by atoms with Gasteiger partial charge in [0.25, 0.3) is 0 Å². The van der Waals surface area contributed by atoms with Crippen LogP contribution in [-0.4, -0.2) is 30.2 Å². The van der Waals surface area contributed by atoms with Gasteiger partial charge in [-0.15, -0.1) is 11.6 Å². The van der Waals surface area contributed by atoms with Crippen molar-refractivity contribution in [3.63, 3.8) is 0 Å². The van der Waals surface area contributed by atoms with Crippen molar-refractivity contribution >= 4 is 34.7 Å². The van der Waals surface area contributed by atoms with Gasteiger partial charge in [-0.2, -0.15) is 0 Å². The first kappa shape index (κ1) is 21.9. The van der Waals surface area contributed by atoms with Crippen LogP contribution in [0.25, 0.3) is 5.70 Å². The predicted molar refractivity (Wildman–Crippen MR) is 121 cm³/mol. The minimum Gasteiger partial charge on any atom is -0.497 e. The lowest BCUT2D eigenvalue weighted by atomic mass is 9.85. The topological polar surface area (TPSA) is 67.4 Å². The van der Waals surface area contributed by atoms with Crippen LogP contribution in [-0.2, 0) is 11.2 Å². The molecule has 2 aromatic carbocycles. The zero-order valence-electron chi connectivity index (χ0n) is 17.5. The standard InChI is InChI=1S/C24H27ClN2O3/c1-24(2)15-17-9-10-19(30-3)13-20(17)21(27-24)14-22(28)16-6-4-7-18(12-16)26-23(29)8-5-11-25/h4,6-7,9-10,12-14,27H,5,8,11,15H2,1-3H3,(H,26,29). The van der Waals surface area contributed by atoms with Gasteiger partial charge in [0.1, 0.15) is 5.75 Å². The number of fused-ring (bicyclic) bond motifs is 1. The van der Waals surface area contributed by atoms with E-state index in [1.165, 1.54) is 5.56 Å². The van der Waals surface area contributed by atoms with Crippen molar-refractivity contribution in [3.05, 3.63) is 65.2 Å². The fourth-order valence-corrected chi connectivity index (χ4v) is 3.70. The van der Waals surface area contributed by atoms with E-state index in [1.807, 2.05) is 18.2 Å². The second kappa shape index (κ2) is 9.35. The van der Waals surface area contributed by atoms with Crippen LogP contribution >= 0.6 is 11.6 Å². The van der Waals surface area contributed by atoms with Crippen molar-refractivity contribution in [2.24, 2.45) is 0 Å². The molecule has 158 valence electrons. The van der Waals surface area contributed by atoms with Crippen LogP contribution in [0.2, 0.25) is 0 Å². The van der Waals surface area contributed by atoms with Gasteiger partial charge in [-0.3, -0.25) is 9.59 Å². The summed E-state index contributed by atoms with van der Waals surface area (Å²) in [6.45, 7) is 4.21. The Balaban J connectivity index is 1.87. The lowest BCUT2D eigenvalue weighted by Gasteiger charge is -2.35. The van der Waals surface area contributed by atoms with Crippen molar-refractivity contribution in [1.29, 1.82) is 0 Å². The fraction of sp³-hybridized carbons (Fsp3) is 0.333. The quantitative estimate of drug-likeness (QED) is 0.379. The summed E-state index contributed by atoms with van der Waals surface area (Å²) in [5.74, 6) is 0.932. The van der Waals surface area contributed by atoms with Gasteiger partial charge in [-0.25, -0.2) is 0 Å². The van der Waals surface area contributed by atoms with Crippen molar-refractivity contribution in [2.45, 2.75) is 38.6 Å². The molecule has 0 saturated carbocycles. The molecular formula is C24H27ClN2O3. The van der Waals surface area contributed by atoms with Crippen molar-refractivity contribution in [1.82, 2.24) is 5.32 Å². The first-order chi connectivity index (χ1) is 14.3. The van der Waals surface area contributed by atoms with Crippen LogP contribution in [0.15, 0.2) is 48.5 Å². The zero-order valence-corrected chi connectivity index (χ0v) is 18.3. The molecule has 1 aliphatic rings. The maximum Gasteiger partial charge on any atom is 0.224 e. The molecule has 0 radical (unpaired) electrons. The van der Waals surface area contributed by atoms with Crippen LogP contribution in [0.4, 0.5) is 5.69 Å². The van der Waals surface area contributed by atoms with Gasteiger partial charge in [-0.1, -0.05) is 18.2 Å². The summed E-state index contributed by atoms with van der Waals surface area (Å²) in [6, 6.07) is 12.9. The van der Waals surface area contributed by atoms with Gasteiger partial charge in [0.15, 0.2) is 5.78 Å². The number of amides is 1. The molecule has 6 heteroatoms. The smallest absolute Gasteiger partial charge is 0.224 e. The Kier molecular flexibility index (Phi) is 6.83. The highest BCUT2D eigenvalue weighted by Crippen LogP contribution is 2.32. The number of methoxy groups -OCH3 is 1. The Morgan fingerprint density at radius 3 is 2.77 bits per heavy atom. The number of alkyl halides is 1. The molecular weight excluding hydrogens is 400 g/mol. The van der Waals surface area contributed by atoms with Crippen molar-refractivity contribution in [2.75, 3.05) is 18.3 Å². The number of allylic oxidation sites excluding steroid dienone is 1. The SMILES string of the molecule is COc1ccc2c(c1)C(=CC(=O)c1cccc(NC(=O)CCCCl)c1)NC(C)(C)C2. The van der Waals surface area contributed by atoms with Crippen LogP contribution < -0.4 is 15.4 Å². The first-order valence-corrected chi connectivity index (χ1v) is 10.5. The van der Waals surface area contributed by atoms with Crippen LogP contribution in [0, 0.1) is 0 Å². The summed E-state index contributed by atoms with van der Waals surface area (Å²) in [5, 5.41) is 6.29. The third-order valence-electron chi connectivity index (χ3n) is 4.96. The van der Waals surface area contributed by atoms with Crippen molar-refractivity contribution in [3.8, 4) is 5.75 Å². The number of nitrogens with one attached hydrogen (secondary N) is 2. The molecule has 3 rings (SSSR count). The van der Waals surface area contributed by atoms with E-state index in [9.17, 15) is 9.59 Å². The summed E-state index contributed by atoms with van der Waals surface area (Å²) in [5.41, 5.74) is 3.82. The molecule has 0 saturated heterocycles. The molecule has 1 aliphatic heterocycles. The third kappa shape index (κ3) is 5.42. The highest BCUT2D eigenvalue weighted by Gasteiger charge is 2.28. The maximum atomic E-state index is 13.0. The Hall–Kier alpha value is -2.79. The van der Waals surface area contributed by atoms with Gasteiger partial charge in [0.05, 0.1) is 7.11 Å². The van der Waals surface area contributed by atoms with Gasteiger partial charge in [-0.05, 0) is 56.5 Å². The average Bonchev–Trinajstić information content (AvgIpc) is 2.71. The molecule has 2 N–H and O–H groups in total. The van der Waals surface area contributed by atoms with Gasteiger partial charge in [0.2, 0.25) is 5.91 Å². The summed E-state index contributed by atoms with van der Waals surface area (Å²) < 4.78 is 5.36. The van der Waals surface area contributed by atoms with E-state index in [0.29, 0.717) is 30.0 Å². The summed E-state index contributed by atoms with van der Waals surface area (Å²) >= 11 is 5.64. The number of benzene rings is 2. The number of hydrogen-bond acceptors (Lipinski definition) is 4. The Bertz CT molecular complexity index is 982. The minimum absolute atomic E-state index is 0.115. The van der Waals surface area contributed by atoms with E-state index in [0.717, 1.165) is 23.4 Å². The molecule has 5 nitrogen and oxygen atoms in total. The molecule has 0 aliphatic carbocycles. The number of ketones is 1. The predicted octanol–water partition coefficient (Wildman–Crippen LogP) is 4.80. The second-order valence-electron chi connectivity index (χ2n) is 8.05. The number of hydrogen-bond donors (Lipinski definition) is 2. The van der Waals surface area contributed by atoms with E-state index < -0.39 is 0 Å². The van der Waals surface area contributed by atoms with E-state index in [-0.39, 0.29) is 17.2 Å². The molecule has 0 unspecified atom stereocenters. The minimum atomic E-state index is -0.175. The molecule has 1 heterocycles. The highest BCUT2D eigenvalue weighted by atomic mass is 35.5. The summed E-state index contributed by atoms with van der Waals surface area (Å²) in [7, 11) is 1.63. The van der Waals surface area contributed by atoms with Crippen molar-refractivity contribution < 1.29 is 14.3 Å². The number of carbonyl (C=O) groups is 2.